The fraction of sp³-hybridized carbons (Fsp3) is 0. The van der Waals surface area contributed by atoms with Crippen molar-refractivity contribution < 1.29 is 26.1 Å². The summed E-state index contributed by atoms with van der Waals surface area (Å²) in [5.41, 5.74) is 1.69. The van der Waals surface area contributed by atoms with E-state index in [9.17, 15) is 9.59 Å². The number of hydrogen-bond acceptors (Lipinski definition) is 6. The number of pyridine rings is 4. The van der Waals surface area contributed by atoms with Crippen LogP contribution in [-0.4, -0.2) is 31.5 Å². The first-order valence-corrected chi connectivity index (χ1v) is 8.49. The van der Waals surface area contributed by atoms with Crippen LogP contribution in [-0.2, 0) is 16.5 Å². The number of ketones is 2. The van der Waals surface area contributed by atoms with Crippen LogP contribution >= 0.6 is 0 Å². The van der Waals surface area contributed by atoms with E-state index in [1.165, 1.54) is 0 Å². The van der Waals surface area contributed by atoms with Gasteiger partial charge in [0.05, 0.1) is 0 Å². The molecule has 0 atom stereocenters. The quantitative estimate of drug-likeness (QED) is 0.367. The van der Waals surface area contributed by atoms with E-state index in [0.29, 0.717) is 22.8 Å². The van der Waals surface area contributed by atoms with Gasteiger partial charge in [0.2, 0.25) is 11.6 Å². The van der Waals surface area contributed by atoms with Crippen molar-refractivity contribution in [3.05, 3.63) is 120 Å². The van der Waals surface area contributed by atoms with Crippen molar-refractivity contribution in [2.45, 2.75) is 0 Å². The summed E-state index contributed by atoms with van der Waals surface area (Å²) in [4.78, 5) is 39.3. The van der Waals surface area contributed by atoms with Crippen LogP contribution in [0.3, 0.4) is 0 Å². The molecule has 0 N–H and O–H groups in total. The van der Waals surface area contributed by atoms with Crippen LogP contribution in [0.5, 0.6) is 0 Å². The Morgan fingerprint density at radius 1 is 0.448 bits per heavy atom. The Balaban J connectivity index is 0.000000200. The van der Waals surface area contributed by atoms with Gasteiger partial charge >= 0.3 is 16.5 Å². The van der Waals surface area contributed by atoms with Crippen LogP contribution in [0.15, 0.2) is 97.6 Å². The maximum absolute atomic E-state index is 11.7. The molecule has 4 aromatic heterocycles. The smallest absolute Gasteiger partial charge is 0.285 e. The molecule has 0 bridgehead atoms. The zero-order valence-corrected chi connectivity index (χ0v) is 16.1. The van der Waals surface area contributed by atoms with Crippen molar-refractivity contribution in [2.75, 3.05) is 0 Å². The second-order valence-electron chi connectivity index (χ2n) is 5.52. The van der Waals surface area contributed by atoms with E-state index >= 15 is 0 Å². The summed E-state index contributed by atoms with van der Waals surface area (Å²) in [7, 11) is 0. The number of rotatable bonds is 4. The Hall–Kier alpha value is -3.57. The standard InChI is InChI=1S/2C11H8N2O.Ni/c2*14-11(9-5-1-3-7-12-9)10-6-2-4-8-13-10;/h2*1-8H;/q;;+2. The van der Waals surface area contributed by atoms with Crippen LogP contribution < -0.4 is 0 Å². The minimum absolute atomic E-state index is 0. The summed E-state index contributed by atoms with van der Waals surface area (Å²) in [6.45, 7) is 0. The van der Waals surface area contributed by atoms with Crippen molar-refractivity contribution in [2.24, 2.45) is 0 Å². The Kier molecular flexibility index (Phi) is 8.48. The van der Waals surface area contributed by atoms with Crippen LogP contribution in [0, 0.1) is 0 Å². The number of carbonyl (C=O) groups is 2. The molecule has 0 aliphatic heterocycles. The third-order valence-corrected chi connectivity index (χ3v) is 3.59. The number of aromatic nitrogens is 4. The molecule has 6 nitrogen and oxygen atoms in total. The zero-order valence-electron chi connectivity index (χ0n) is 15.2. The van der Waals surface area contributed by atoms with Crippen molar-refractivity contribution in [1.29, 1.82) is 0 Å². The van der Waals surface area contributed by atoms with Crippen molar-refractivity contribution >= 4 is 11.6 Å². The first kappa shape index (κ1) is 21.7. The Bertz CT molecular complexity index is 861. The molecule has 4 heterocycles. The van der Waals surface area contributed by atoms with Crippen molar-refractivity contribution in [1.82, 2.24) is 19.9 Å². The van der Waals surface area contributed by atoms with E-state index in [2.05, 4.69) is 19.9 Å². The summed E-state index contributed by atoms with van der Waals surface area (Å²) in [5, 5.41) is 0. The molecule has 0 unspecified atom stereocenters. The molecular formula is C22H16N4NiO2+2. The average Bonchev–Trinajstić information content (AvgIpc) is 2.81. The molecule has 0 amide bonds. The third kappa shape index (κ3) is 6.23. The minimum Gasteiger partial charge on any atom is -0.285 e. The summed E-state index contributed by atoms with van der Waals surface area (Å²) >= 11 is 0. The first-order chi connectivity index (χ1) is 13.8. The topological polar surface area (TPSA) is 85.7 Å². The van der Waals surface area contributed by atoms with Gasteiger partial charge in [-0.05, 0) is 48.5 Å². The van der Waals surface area contributed by atoms with Crippen LogP contribution in [0.2, 0.25) is 0 Å². The van der Waals surface area contributed by atoms with Gasteiger partial charge in [-0.2, -0.15) is 0 Å². The fourth-order valence-electron chi connectivity index (χ4n) is 2.25. The molecule has 0 aliphatic carbocycles. The largest absolute Gasteiger partial charge is 2.00 e. The molecule has 7 heteroatoms. The van der Waals surface area contributed by atoms with Gasteiger partial charge in [0, 0.05) is 24.8 Å². The molecule has 0 spiro atoms. The Morgan fingerprint density at radius 3 is 0.862 bits per heavy atom. The molecule has 29 heavy (non-hydrogen) atoms. The molecule has 0 radical (unpaired) electrons. The second-order valence-corrected chi connectivity index (χ2v) is 5.52. The van der Waals surface area contributed by atoms with E-state index in [1.807, 2.05) is 0 Å². The summed E-state index contributed by atoms with van der Waals surface area (Å²) < 4.78 is 0. The van der Waals surface area contributed by atoms with Gasteiger partial charge in [-0.1, -0.05) is 24.3 Å². The van der Waals surface area contributed by atoms with Gasteiger partial charge in [0.15, 0.2) is 0 Å². The van der Waals surface area contributed by atoms with Gasteiger partial charge in [-0.15, -0.1) is 0 Å². The van der Waals surface area contributed by atoms with Crippen LogP contribution in [0.25, 0.3) is 0 Å². The summed E-state index contributed by atoms with van der Waals surface area (Å²) in [6, 6.07) is 20.9. The zero-order chi connectivity index (χ0) is 19.6. The Labute approximate surface area is 178 Å². The van der Waals surface area contributed by atoms with E-state index < -0.39 is 0 Å². The molecule has 0 saturated heterocycles. The summed E-state index contributed by atoms with van der Waals surface area (Å²) in [5.74, 6) is -0.294. The van der Waals surface area contributed by atoms with E-state index in [-0.39, 0.29) is 28.1 Å². The van der Waals surface area contributed by atoms with Crippen molar-refractivity contribution in [3.63, 3.8) is 0 Å². The van der Waals surface area contributed by atoms with Gasteiger partial charge in [0.1, 0.15) is 22.8 Å². The Morgan fingerprint density at radius 2 is 0.690 bits per heavy atom. The number of hydrogen-bond donors (Lipinski definition) is 0. The van der Waals surface area contributed by atoms with Gasteiger partial charge in [0.25, 0.3) is 0 Å². The molecule has 0 aliphatic rings. The van der Waals surface area contributed by atoms with E-state index in [1.54, 1.807) is 97.6 Å². The van der Waals surface area contributed by atoms with Gasteiger partial charge in [-0.25, -0.2) is 0 Å². The first-order valence-electron chi connectivity index (χ1n) is 8.49. The molecule has 144 valence electrons. The van der Waals surface area contributed by atoms with E-state index in [0.717, 1.165) is 0 Å². The average molecular weight is 427 g/mol. The number of carbonyl (C=O) groups excluding carboxylic acids is 2. The third-order valence-electron chi connectivity index (χ3n) is 3.59. The van der Waals surface area contributed by atoms with E-state index in [4.69, 9.17) is 0 Å². The normalized spacial score (nSPS) is 9.38. The molecule has 4 aromatic rings. The SMILES string of the molecule is O=C(c1ccccn1)c1ccccn1.O=C(c1ccccn1)c1ccccn1.[Ni+2]. The minimum atomic E-state index is -0.147. The number of nitrogens with zero attached hydrogens (tertiary/aromatic N) is 4. The fourth-order valence-corrected chi connectivity index (χ4v) is 2.25. The maximum Gasteiger partial charge on any atom is 2.00 e. The van der Waals surface area contributed by atoms with Crippen molar-refractivity contribution in [3.8, 4) is 0 Å². The predicted molar refractivity (Wildman–Crippen MR) is 104 cm³/mol. The molecule has 4 rings (SSSR count). The monoisotopic (exact) mass is 426 g/mol. The molecule has 0 aromatic carbocycles. The molecule has 0 fully saturated rings. The van der Waals surface area contributed by atoms with Crippen LogP contribution in [0.1, 0.15) is 32.4 Å². The van der Waals surface area contributed by atoms with Gasteiger partial charge in [-0.3, -0.25) is 29.5 Å². The second kappa shape index (κ2) is 11.3. The van der Waals surface area contributed by atoms with Gasteiger partial charge < -0.3 is 0 Å². The predicted octanol–water partition coefficient (Wildman–Crippen LogP) is 3.41. The maximum atomic E-state index is 11.7. The summed E-state index contributed by atoms with van der Waals surface area (Å²) in [6.07, 6.45) is 6.37. The molecule has 0 saturated carbocycles. The molecular weight excluding hydrogens is 411 g/mol. The van der Waals surface area contributed by atoms with Crippen LogP contribution in [0.4, 0.5) is 0 Å².